The first-order valence-corrected chi connectivity index (χ1v) is 10.2. The van der Waals surface area contributed by atoms with E-state index >= 15 is 0 Å². The van der Waals surface area contributed by atoms with E-state index in [-0.39, 0.29) is 17.5 Å². The second-order valence-electron chi connectivity index (χ2n) is 7.66. The third-order valence-electron chi connectivity index (χ3n) is 5.37. The molecule has 4 rings (SSSR count). The number of benzene rings is 2. The second-order valence-corrected chi connectivity index (χ2v) is 7.66. The number of nitrogens with one attached hydrogen (secondary N) is 2. The Bertz CT molecular complexity index is 1030. The minimum Gasteiger partial charge on any atom is -0.352 e. The van der Waals surface area contributed by atoms with Crippen molar-refractivity contribution >= 4 is 16.8 Å². The number of nitrogens with zero attached hydrogens (tertiary/aromatic N) is 2. The highest BCUT2D eigenvalue weighted by molar-refractivity contribution is 5.77. The van der Waals surface area contributed by atoms with Gasteiger partial charge in [-0.2, -0.15) is 0 Å². The third-order valence-corrected chi connectivity index (χ3v) is 5.37. The van der Waals surface area contributed by atoms with E-state index in [2.05, 4.69) is 44.5 Å². The van der Waals surface area contributed by atoms with Gasteiger partial charge in [-0.05, 0) is 30.5 Å². The van der Waals surface area contributed by atoms with Gasteiger partial charge in [0, 0.05) is 38.5 Å². The number of aromatic amines is 1. The molecular formula is C23H26N4O2. The molecule has 0 bridgehead atoms. The zero-order valence-electron chi connectivity index (χ0n) is 16.4. The molecule has 0 saturated carbocycles. The van der Waals surface area contributed by atoms with Gasteiger partial charge in [-0.3, -0.25) is 14.5 Å². The third kappa shape index (κ3) is 5.09. The van der Waals surface area contributed by atoms with E-state index < -0.39 is 0 Å². The molecule has 6 heteroatoms. The monoisotopic (exact) mass is 390 g/mol. The Morgan fingerprint density at radius 3 is 2.79 bits per heavy atom. The summed E-state index contributed by atoms with van der Waals surface area (Å²) in [7, 11) is 0. The number of carbonyl (C=O) groups is 1. The number of H-pyrrole nitrogens is 1. The van der Waals surface area contributed by atoms with E-state index in [1.165, 1.54) is 5.56 Å². The van der Waals surface area contributed by atoms with Crippen LogP contribution in [0.1, 0.15) is 30.7 Å². The molecule has 29 heavy (non-hydrogen) atoms. The van der Waals surface area contributed by atoms with E-state index in [1.54, 1.807) is 6.07 Å². The van der Waals surface area contributed by atoms with Crippen LogP contribution in [-0.2, 0) is 17.8 Å². The average molecular weight is 390 g/mol. The Hall–Kier alpha value is -2.99. The number of fused-ring (bicyclic) bond motifs is 1. The van der Waals surface area contributed by atoms with Crippen LogP contribution in [0.4, 0.5) is 0 Å². The van der Waals surface area contributed by atoms with Crippen molar-refractivity contribution in [2.45, 2.75) is 38.3 Å². The Balaban J connectivity index is 1.22. The van der Waals surface area contributed by atoms with Crippen LogP contribution in [0.5, 0.6) is 0 Å². The molecule has 1 atom stereocenters. The van der Waals surface area contributed by atoms with E-state index in [4.69, 9.17) is 0 Å². The number of aromatic nitrogens is 2. The van der Waals surface area contributed by atoms with Crippen molar-refractivity contribution in [3.8, 4) is 0 Å². The summed E-state index contributed by atoms with van der Waals surface area (Å²) in [5.41, 5.74) is 1.87. The zero-order chi connectivity index (χ0) is 20.1. The Morgan fingerprint density at radius 1 is 1.14 bits per heavy atom. The molecule has 1 aliphatic rings. The van der Waals surface area contributed by atoms with Crippen molar-refractivity contribution < 1.29 is 4.79 Å². The van der Waals surface area contributed by atoms with Crippen molar-refractivity contribution in [3.63, 3.8) is 0 Å². The van der Waals surface area contributed by atoms with Gasteiger partial charge < -0.3 is 10.3 Å². The smallest absolute Gasteiger partial charge is 0.258 e. The lowest BCUT2D eigenvalue weighted by Crippen LogP contribution is -2.36. The first kappa shape index (κ1) is 19.3. The molecule has 1 saturated heterocycles. The van der Waals surface area contributed by atoms with Gasteiger partial charge in [0.2, 0.25) is 5.91 Å². The zero-order valence-corrected chi connectivity index (χ0v) is 16.4. The summed E-state index contributed by atoms with van der Waals surface area (Å²) >= 11 is 0. The predicted molar refractivity (Wildman–Crippen MR) is 114 cm³/mol. The largest absolute Gasteiger partial charge is 0.352 e. The van der Waals surface area contributed by atoms with E-state index in [0.717, 1.165) is 26.1 Å². The molecule has 1 fully saturated rings. The van der Waals surface area contributed by atoms with Crippen molar-refractivity contribution in [1.29, 1.82) is 0 Å². The summed E-state index contributed by atoms with van der Waals surface area (Å²) in [6, 6.07) is 17.9. The Kier molecular flexibility index (Phi) is 6.00. The van der Waals surface area contributed by atoms with Crippen LogP contribution in [0.2, 0.25) is 0 Å². The fourth-order valence-electron chi connectivity index (χ4n) is 3.91. The number of para-hydroxylation sites is 1. The van der Waals surface area contributed by atoms with E-state index in [9.17, 15) is 9.59 Å². The summed E-state index contributed by atoms with van der Waals surface area (Å²) < 4.78 is 0. The lowest BCUT2D eigenvalue weighted by Gasteiger charge is -2.16. The standard InChI is InChI=1S/C23H26N4O2/c28-22(24-18-13-14-27(16-18)15-17-7-2-1-3-8-17)12-6-11-21-25-20-10-5-4-9-19(20)23(29)26-21/h1-5,7-10,18H,6,11-16H2,(H,24,28)(H,25,26,29). The number of likely N-dealkylation sites (tertiary alicyclic amines) is 1. The first-order chi connectivity index (χ1) is 14.2. The fraction of sp³-hybridized carbons (Fsp3) is 0.348. The summed E-state index contributed by atoms with van der Waals surface area (Å²) in [4.78, 5) is 34.1. The lowest BCUT2D eigenvalue weighted by atomic mass is 10.2. The fourth-order valence-corrected chi connectivity index (χ4v) is 3.91. The number of aryl methyl sites for hydroxylation is 1. The second kappa shape index (κ2) is 9.01. The van der Waals surface area contributed by atoms with Crippen LogP contribution in [0.15, 0.2) is 59.4 Å². The molecule has 2 aromatic carbocycles. The van der Waals surface area contributed by atoms with Gasteiger partial charge in [-0.25, -0.2) is 4.98 Å². The van der Waals surface area contributed by atoms with Crippen LogP contribution >= 0.6 is 0 Å². The van der Waals surface area contributed by atoms with Gasteiger partial charge in [0.05, 0.1) is 10.9 Å². The first-order valence-electron chi connectivity index (χ1n) is 10.2. The summed E-state index contributed by atoms with van der Waals surface area (Å²) in [6.45, 7) is 2.82. The van der Waals surface area contributed by atoms with Crippen molar-refractivity contribution in [2.75, 3.05) is 13.1 Å². The minimum absolute atomic E-state index is 0.0692. The van der Waals surface area contributed by atoms with Crippen LogP contribution < -0.4 is 10.9 Å². The average Bonchev–Trinajstić information content (AvgIpc) is 3.15. The minimum atomic E-state index is -0.125. The molecule has 2 N–H and O–H groups in total. The highest BCUT2D eigenvalue weighted by Gasteiger charge is 2.23. The maximum Gasteiger partial charge on any atom is 0.258 e. The Labute approximate surface area is 170 Å². The highest BCUT2D eigenvalue weighted by atomic mass is 16.1. The van der Waals surface area contributed by atoms with Gasteiger partial charge in [0.15, 0.2) is 0 Å². The maximum absolute atomic E-state index is 12.3. The molecule has 6 nitrogen and oxygen atoms in total. The summed E-state index contributed by atoms with van der Waals surface area (Å²) in [5, 5.41) is 3.74. The van der Waals surface area contributed by atoms with Gasteiger partial charge in [0.1, 0.15) is 5.82 Å². The van der Waals surface area contributed by atoms with Crippen LogP contribution in [0.3, 0.4) is 0 Å². The maximum atomic E-state index is 12.3. The number of hydrogen-bond donors (Lipinski definition) is 2. The van der Waals surface area contributed by atoms with Crippen LogP contribution in [0.25, 0.3) is 10.9 Å². The SMILES string of the molecule is O=C(CCCc1nc2ccccc2c(=O)[nH]1)NC1CCN(Cc2ccccc2)C1. The quantitative estimate of drug-likeness (QED) is 0.650. The number of hydrogen-bond acceptors (Lipinski definition) is 4. The predicted octanol–water partition coefficient (Wildman–Crippen LogP) is 2.64. The summed E-state index contributed by atoms with van der Waals surface area (Å²) in [5.74, 6) is 0.705. The van der Waals surface area contributed by atoms with Gasteiger partial charge in [-0.1, -0.05) is 42.5 Å². The molecular weight excluding hydrogens is 364 g/mol. The van der Waals surface area contributed by atoms with Gasteiger partial charge >= 0.3 is 0 Å². The van der Waals surface area contributed by atoms with Crippen molar-refractivity contribution in [2.24, 2.45) is 0 Å². The topological polar surface area (TPSA) is 78.1 Å². The number of carbonyl (C=O) groups excluding carboxylic acids is 1. The molecule has 1 aromatic heterocycles. The van der Waals surface area contributed by atoms with Gasteiger partial charge in [0.25, 0.3) is 5.56 Å². The van der Waals surface area contributed by atoms with Crippen molar-refractivity contribution in [1.82, 2.24) is 20.2 Å². The molecule has 1 amide bonds. The molecule has 0 spiro atoms. The van der Waals surface area contributed by atoms with E-state index in [0.29, 0.717) is 36.0 Å². The highest BCUT2D eigenvalue weighted by Crippen LogP contribution is 2.14. The van der Waals surface area contributed by atoms with E-state index in [1.807, 2.05) is 24.3 Å². The molecule has 0 radical (unpaired) electrons. The van der Waals surface area contributed by atoms with Crippen LogP contribution in [0, 0.1) is 0 Å². The Morgan fingerprint density at radius 2 is 1.93 bits per heavy atom. The normalized spacial score (nSPS) is 16.9. The van der Waals surface area contributed by atoms with Gasteiger partial charge in [-0.15, -0.1) is 0 Å². The van der Waals surface area contributed by atoms with Crippen LogP contribution in [-0.4, -0.2) is 39.9 Å². The number of amides is 1. The number of rotatable bonds is 7. The summed E-state index contributed by atoms with van der Waals surface area (Å²) in [6.07, 6.45) is 2.66. The molecule has 0 aliphatic carbocycles. The molecule has 1 aliphatic heterocycles. The molecule has 2 heterocycles. The molecule has 1 unspecified atom stereocenters. The molecule has 3 aromatic rings. The molecule has 150 valence electrons. The lowest BCUT2D eigenvalue weighted by molar-refractivity contribution is -0.121. The van der Waals surface area contributed by atoms with Crippen molar-refractivity contribution in [3.05, 3.63) is 76.3 Å².